The topological polar surface area (TPSA) is 69.4 Å². The number of aliphatic hydroxyl groups excluding tert-OH is 1. The molecule has 1 heterocycles. The fraction of sp³-hybridized carbons (Fsp3) is 0.579. The molecule has 1 aromatic heterocycles. The van der Waals surface area contributed by atoms with Gasteiger partial charge in [-0.2, -0.15) is 0 Å². The van der Waals surface area contributed by atoms with Crippen LogP contribution in [-0.2, 0) is 16.7 Å². The van der Waals surface area contributed by atoms with Crippen LogP contribution in [0.3, 0.4) is 0 Å². The second-order valence-electron chi connectivity index (χ2n) is 7.31. The lowest BCUT2D eigenvalue weighted by Gasteiger charge is -2.21. The minimum atomic E-state index is -0.589. The van der Waals surface area contributed by atoms with E-state index in [0.717, 1.165) is 16.5 Å². The highest BCUT2D eigenvalue weighted by molar-refractivity contribution is 7.99. The first-order valence-electron chi connectivity index (χ1n) is 8.73. The van der Waals surface area contributed by atoms with Gasteiger partial charge in [-0.05, 0) is 29.5 Å². The van der Waals surface area contributed by atoms with Gasteiger partial charge in [0.15, 0.2) is 5.16 Å². The molecular formula is C19H29N3O3S. The van der Waals surface area contributed by atoms with Gasteiger partial charge in [0.2, 0.25) is 0 Å². The zero-order valence-corrected chi connectivity index (χ0v) is 17.0. The van der Waals surface area contributed by atoms with Crippen molar-refractivity contribution in [3.05, 3.63) is 35.7 Å². The van der Waals surface area contributed by atoms with Crippen LogP contribution in [0.25, 0.3) is 0 Å². The van der Waals surface area contributed by atoms with Gasteiger partial charge in [0.05, 0.1) is 12.7 Å². The highest BCUT2D eigenvalue weighted by atomic mass is 32.2. The maximum absolute atomic E-state index is 10.2. The van der Waals surface area contributed by atoms with Gasteiger partial charge in [0, 0.05) is 19.4 Å². The predicted octanol–water partition coefficient (Wildman–Crippen LogP) is 3.06. The molecule has 2 rings (SSSR count). The van der Waals surface area contributed by atoms with E-state index in [-0.39, 0.29) is 12.0 Å². The third kappa shape index (κ3) is 6.00. The molecule has 0 radical (unpaired) electrons. The summed E-state index contributed by atoms with van der Waals surface area (Å²) in [5, 5.41) is 19.0. The molecular weight excluding hydrogens is 350 g/mol. The number of thioether (sulfide) groups is 1. The van der Waals surface area contributed by atoms with Crippen LogP contribution in [-0.4, -0.2) is 52.1 Å². The van der Waals surface area contributed by atoms with Gasteiger partial charge >= 0.3 is 0 Å². The molecule has 1 atom stereocenters. The third-order valence-electron chi connectivity index (χ3n) is 3.99. The molecule has 0 amide bonds. The van der Waals surface area contributed by atoms with Crippen LogP contribution >= 0.6 is 11.8 Å². The number of hydrogen-bond donors (Lipinski definition) is 1. The second-order valence-corrected chi connectivity index (χ2v) is 8.29. The quantitative estimate of drug-likeness (QED) is 0.675. The van der Waals surface area contributed by atoms with Crippen LogP contribution in [0, 0.1) is 6.92 Å². The fourth-order valence-corrected chi connectivity index (χ4v) is 3.23. The van der Waals surface area contributed by atoms with E-state index in [1.54, 1.807) is 13.4 Å². The Hall–Kier alpha value is -1.57. The fourth-order valence-electron chi connectivity index (χ4n) is 2.38. The molecule has 1 N–H and O–H groups in total. The largest absolute Gasteiger partial charge is 0.491 e. The Morgan fingerprint density at radius 1 is 1.31 bits per heavy atom. The van der Waals surface area contributed by atoms with E-state index in [1.165, 1.54) is 17.3 Å². The molecule has 1 unspecified atom stereocenters. The number of rotatable bonds is 9. The molecule has 0 aliphatic heterocycles. The van der Waals surface area contributed by atoms with Crippen molar-refractivity contribution in [2.45, 2.75) is 50.9 Å². The van der Waals surface area contributed by atoms with Gasteiger partial charge in [0.25, 0.3) is 0 Å². The summed E-state index contributed by atoms with van der Waals surface area (Å²) >= 11 is 1.46. The van der Waals surface area contributed by atoms with Crippen LogP contribution in [0.15, 0.2) is 29.7 Å². The molecule has 0 aliphatic rings. The first-order chi connectivity index (χ1) is 12.3. The first kappa shape index (κ1) is 20.7. The summed E-state index contributed by atoms with van der Waals surface area (Å²) in [6, 6.07) is 6.22. The average Bonchev–Trinajstić information content (AvgIpc) is 3.03. The van der Waals surface area contributed by atoms with E-state index < -0.39 is 6.10 Å². The highest BCUT2D eigenvalue weighted by Gasteiger charge is 2.15. The van der Waals surface area contributed by atoms with Crippen molar-refractivity contribution in [3.8, 4) is 5.75 Å². The van der Waals surface area contributed by atoms with Gasteiger partial charge in [-0.25, -0.2) is 0 Å². The van der Waals surface area contributed by atoms with Crippen LogP contribution in [0.2, 0.25) is 0 Å². The molecule has 0 aliphatic carbocycles. The maximum atomic E-state index is 10.2. The zero-order chi connectivity index (χ0) is 19.2. The molecule has 6 nitrogen and oxygen atoms in total. The molecule has 1 aromatic carbocycles. The van der Waals surface area contributed by atoms with E-state index in [2.05, 4.69) is 43.1 Å². The summed E-state index contributed by atoms with van der Waals surface area (Å²) in [6.07, 6.45) is 1.08. The SMILES string of the molecule is COCCn1cnnc1SCC(O)COc1ccc(C(C)(C)C)cc1C. The maximum Gasteiger partial charge on any atom is 0.191 e. The number of aromatic nitrogens is 3. The van der Waals surface area contributed by atoms with Crippen molar-refractivity contribution in [2.24, 2.45) is 0 Å². The summed E-state index contributed by atoms with van der Waals surface area (Å²) in [4.78, 5) is 0. The zero-order valence-electron chi connectivity index (χ0n) is 16.2. The van der Waals surface area contributed by atoms with E-state index in [9.17, 15) is 5.11 Å². The number of aliphatic hydroxyl groups is 1. The number of aryl methyl sites for hydroxylation is 1. The van der Waals surface area contributed by atoms with Crippen molar-refractivity contribution < 1.29 is 14.6 Å². The molecule has 2 aromatic rings. The Morgan fingerprint density at radius 3 is 2.73 bits per heavy atom. The Morgan fingerprint density at radius 2 is 2.08 bits per heavy atom. The molecule has 7 heteroatoms. The van der Waals surface area contributed by atoms with Crippen LogP contribution < -0.4 is 4.74 Å². The summed E-state index contributed by atoms with van der Waals surface area (Å²) in [5.41, 5.74) is 2.46. The standard InChI is InChI=1S/C19H29N3O3S/c1-14-10-15(19(2,3)4)6-7-17(14)25-11-16(23)12-26-18-21-20-13-22(18)8-9-24-5/h6-7,10,13,16,23H,8-9,11-12H2,1-5H3. The Balaban J connectivity index is 1.84. The summed E-state index contributed by atoms with van der Waals surface area (Å²) < 4.78 is 12.8. The monoisotopic (exact) mass is 379 g/mol. The normalized spacial score (nSPS) is 13.0. The van der Waals surface area contributed by atoms with Gasteiger partial charge < -0.3 is 19.1 Å². The van der Waals surface area contributed by atoms with Gasteiger partial charge in [-0.15, -0.1) is 10.2 Å². The first-order valence-corrected chi connectivity index (χ1v) is 9.71. The molecule has 0 fully saturated rings. The van der Waals surface area contributed by atoms with E-state index in [0.29, 0.717) is 18.9 Å². The average molecular weight is 380 g/mol. The van der Waals surface area contributed by atoms with E-state index in [4.69, 9.17) is 9.47 Å². The van der Waals surface area contributed by atoms with Crippen molar-refractivity contribution in [1.29, 1.82) is 0 Å². The van der Waals surface area contributed by atoms with Crippen LogP contribution in [0.5, 0.6) is 5.75 Å². The van der Waals surface area contributed by atoms with E-state index in [1.807, 2.05) is 17.6 Å². The molecule has 0 bridgehead atoms. The lowest BCUT2D eigenvalue weighted by Crippen LogP contribution is -2.21. The number of ether oxygens (including phenoxy) is 2. The molecule has 0 spiro atoms. The van der Waals surface area contributed by atoms with Gasteiger partial charge in [0.1, 0.15) is 18.7 Å². The van der Waals surface area contributed by atoms with E-state index >= 15 is 0 Å². The third-order valence-corrected chi connectivity index (χ3v) is 5.12. The Bertz CT molecular complexity index is 698. The number of hydrogen-bond acceptors (Lipinski definition) is 6. The lowest BCUT2D eigenvalue weighted by atomic mass is 9.86. The Kier molecular flexibility index (Phi) is 7.49. The predicted molar refractivity (Wildman–Crippen MR) is 104 cm³/mol. The molecule has 144 valence electrons. The van der Waals surface area contributed by atoms with Crippen LogP contribution in [0.4, 0.5) is 0 Å². The minimum absolute atomic E-state index is 0.109. The summed E-state index contributed by atoms with van der Waals surface area (Å²) in [7, 11) is 1.66. The summed E-state index contributed by atoms with van der Waals surface area (Å²) in [5.74, 6) is 1.30. The lowest BCUT2D eigenvalue weighted by molar-refractivity contribution is 0.126. The highest BCUT2D eigenvalue weighted by Crippen LogP contribution is 2.27. The van der Waals surface area contributed by atoms with Crippen molar-refractivity contribution >= 4 is 11.8 Å². The molecule has 0 saturated heterocycles. The molecule has 26 heavy (non-hydrogen) atoms. The van der Waals surface area contributed by atoms with Crippen molar-refractivity contribution in [1.82, 2.24) is 14.8 Å². The second kappa shape index (κ2) is 9.39. The molecule has 0 saturated carbocycles. The van der Waals surface area contributed by atoms with Gasteiger partial charge in [-0.3, -0.25) is 0 Å². The minimum Gasteiger partial charge on any atom is -0.491 e. The smallest absolute Gasteiger partial charge is 0.191 e. The van der Waals surface area contributed by atoms with Crippen molar-refractivity contribution in [2.75, 3.05) is 26.1 Å². The number of methoxy groups -OCH3 is 1. The van der Waals surface area contributed by atoms with Crippen molar-refractivity contribution in [3.63, 3.8) is 0 Å². The van der Waals surface area contributed by atoms with Crippen LogP contribution in [0.1, 0.15) is 31.9 Å². The Labute approximate surface area is 159 Å². The van der Waals surface area contributed by atoms with Gasteiger partial charge in [-0.1, -0.05) is 44.7 Å². The number of nitrogens with zero attached hydrogens (tertiary/aromatic N) is 3. The number of benzene rings is 1. The summed E-state index contributed by atoms with van der Waals surface area (Å²) in [6.45, 7) is 10.1.